The van der Waals surface area contributed by atoms with Gasteiger partial charge in [0.2, 0.25) is 0 Å². The summed E-state index contributed by atoms with van der Waals surface area (Å²) < 4.78 is 0. The number of nitrogens with zero attached hydrogens (tertiary/aromatic N) is 1. The number of aliphatic carboxylic acids is 1. The summed E-state index contributed by atoms with van der Waals surface area (Å²) in [7, 11) is 0. The van der Waals surface area contributed by atoms with Crippen LogP contribution in [0.2, 0.25) is 0 Å². The minimum Gasteiger partial charge on any atom is -0.478 e. The van der Waals surface area contributed by atoms with E-state index in [9.17, 15) is 9.59 Å². The van der Waals surface area contributed by atoms with Crippen LogP contribution in [0, 0.1) is 0 Å². The molecule has 0 bridgehead atoms. The molecule has 0 aromatic heterocycles. The van der Waals surface area contributed by atoms with Gasteiger partial charge in [0.05, 0.1) is 0 Å². The summed E-state index contributed by atoms with van der Waals surface area (Å²) in [5, 5.41) is 10.8. The van der Waals surface area contributed by atoms with Gasteiger partial charge in [-0.2, -0.15) is 0 Å². The first-order chi connectivity index (χ1) is 11.6. The molecule has 3 aromatic rings. The SMILES string of the molecule is O=C(O)C=CC(=O)N(c1ccccc1)c1ccc2ccccc2c1. The zero-order valence-electron chi connectivity index (χ0n) is 12.8. The molecule has 24 heavy (non-hydrogen) atoms. The number of para-hydroxylation sites is 1. The van der Waals surface area contributed by atoms with Crippen molar-refractivity contribution in [2.75, 3.05) is 4.90 Å². The highest BCUT2D eigenvalue weighted by molar-refractivity contribution is 6.09. The van der Waals surface area contributed by atoms with Crippen molar-refractivity contribution in [3.05, 3.63) is 84.9 Å². The standard InChI is InChI=1S/C20H15NO3/c22-19(12-13-20(23)24)21(17-8-2-1-3-9-17)18-11-10-15-6-4-5-7-16(15)14-18/h1-14H,(H,23,24). The zero-order chi connectivity index (χ0) is 16.9. The molecule has 4 nitrogen and oxygen atoms in total. The highest BCUT2D eigenvalue weighted by atomic mass is 16.4. The van der Waals surface area contributed by atoms with E-state index in [0.717, 1.165) is 22.9 Å². The first kappa shape index (κ1) is 15.5. The van der Waals surface area contributed by atoms with Crippen molar-refractivity contribution in [2.45, 2.75) is 0 Å². The number of carbonyl (C=O) groups excluding carboxylic acids is 1. The number of carboxylic acids is 1. The van der Waals surface area contributed by atoms with E-state index in [4.69, 9.17) is 5.11 Å². The van der Waals surface area contributed by atoms with Gasteiger partial charge in [-0.3, -0.25) is 9.69 Å². The van der Waals surface area contributed by atoms with Crippen LogP contribution in [-0.2, 0) is 9.59 Å². The molecule has 4 heteroatoms. The molecule has 1 N–H and O–H groups in total. The van der Waals surface area contributed by atoms with Gasteiger partial charge in [-0.15, -0.1) is 0 Å². The van der Waals surface area contributed by atoms with Crippen LogP contribution in [0.15, 0.2) is 84.9 Å². The number of anilines is 2. The summed E-state index contributed by atoms with van der Waals surface area (Å²) in [4.78, 5) is 24.8. The molecule has 0 atom stereocenters. The third-order valence-corrected chi connectivity index (χ3v) is 3.59. The van der Waals surface area contributed by atoms with Gasteiger partial charge in [0.15, 0.2) is 0 Å². The topological polar surface area (TPSA) is 57.6 Å². The Morgan fingerprint density at radius 1 is 0.750 bits per heavy atom. The van der Waals surface area contributed by atoms with E-state index in [0.29, 0.717) is 11.4 Å². The van der Waals surface area contributed by atoms with Gasteiger partial charge >= 0.3 is 5.97 Å². The Balaban J connectivity index is 2.09. The van der Waals surface area contributed by atoms with Crippen molar-refractivity contribution >= 4 is 34.0 Å². The molecule has 0 fully saturated rings. The largest absolute Gasteiger partial charge is 0.478 e. The third kappa shape index (κ3) is 3.33. The molecule has 0 aliphatic rings. The number of fused-ring (bicyclic) bond motifs is 1. The second-order valence-corrected chi connectivity index (χ2v) is 5.21. The molecule has 0 saturated heterocycles. The van der Waals surface area contributed by atoms with Gasteiger partial charge < -0.3 is 5.11 Å². The molecule has 0 radical (unpaired) electrons. The summed E-state index contributed by atoms with van der Waals surface area (Å²) in [6, 6.07) is 22.7. The lowest BCUT2D eigenvalue weighted by Crippen LogP contribution is -2.24. The Morgan fingerprint density at radius 3 is 2.12 bits per heavy atom. The first-order valence-corrected chi connectivity index (χ1v) is 7.44. The zero-order valence-corrected chi connectivity index (χ0v) is 12.8. The lowest BCUT2D eigenvalue weighted by molar-refractivity contribution is -0.131. The molecule has 3 aromatic carbocycles. The number of carboxylic acid groups (broad SMARTS) is 1. The summed E-state index contributed by atoms with van der Waals surface area (Å²) in [5.74, 6) is -1.58. The van der Waals surface area contributed by atoms with Crippen molar-refractivity contribution in [1.82, 2.24) is 0 Å². The number of hydrogen-bond donors (Lipinski definition) is 1. The maximum absolute atomic E-state index is 12.6. The van der Waals surface area contributed by atoms with E-state index in [1.807, 2.05) is 72.8 Å². The van der Waals surface area contributed by atoms with E-state index in [1.165, 1.54) is 4.90 Å². The van der Waals surface area contributed by atoms with Gasteiger partial charge in [-0.1, -0.05) is 48.5 Å². The van der Waals surface area contributed by atoms with Crippen LogP contribution in [0.25, 0.3) is 10.8 Å². The first-order valence-electron chi connectivity index (χ1n) is 7.44. The number of benzene rings is 3. The molecule has 3 rings (SSSR count). The quantitative estimate of drug-likeness (QED) is 0.736. The molecular formula is C20H15NO3. The molecule has 0 aliphatic carbocycles. The monoisotopic (exact) mass is 317 g/mol. The average Bonchev–Trinajstić information content (AvgIpc) is 2.61. The lowest BCUT2D eigenvalue weighted by atomic mass is 10.1. The van der Waals surface area contributed by atoms with E-state index < -0.39 is 11.9 Å². The number of rotatable bonds is 4. The molecule has 0 spiro atoms. The van der Waals surface area contributed by atoms with Crippen molar-refractivity contribution < 1.29 is 14.7 Å². The molecule has 1 amide bonds. The third-order valence-electron chi connectivity index (χ3n) is 3.59. The van der Waals surface area contributed by atoms with Crippen LogP contribution in [-0.4, -0.2) is 17.0 Å². The van der Waals surface area contributed by atoms with Gasteiger partial charge in [-0.25, -0.2) is 4.79 Å². The fourth-order valence-electron chi connectivity index (χ4n) is 2.51. The highest BCUT2D eigenvalue weighted by Gasteiger charge is 2.16. The van der Waals surface area contributed by atoms with Crippen LogP contribution >= 0.6 is 0 Å². The highest BCUT2D eigenvalue weighted by Crippen LogP contribution is 2.28. The second kappa shape index (κ2) is 6.79. The predicted octanol–water partition coefficient (Wildman–Crippen LogP) is 4.15. The summed E-state index contributed by atoms with van der Waals surface area (Å²) in [5.41, 5.74) is 1.35. The summed E-state index contributed by atoms with van der Waals surface area (Å²) >= 11 is 0. The molecule has 0 saturated carbocycles. The maximum atomic E-state index is 12.6. The Labute approximate surface area is 139 Å². The fourth-order valence-corrected chi connectivity index (χ4v) is 2.51. The van der Waals surface area contributed by atoms with Crippen LogP contribution in [0.3, 0.4) is 0 Å². The van der Waals surface area contributed by atoms with Gasteiger partial charge in [0, 0.05) is 23.5 Å². The molecule has 0 heterocycles. The van der Waals surface area contributed by atoms with Crippen LogP contribution in [0.4, 0.5) is 11.4 Å². The van der Waals surface area contributed by atoms with Crippen molar-refractivity contribution in [3.8, 4) is 0 Å². The predicted molar refractivity (Wildman–Crippen MR) is 94.3 cm³/mol. The van der Waals surface area contributed by atoms with Crippen molar-refractivity contribution in [2.24, 2.45) is 0 Å². The Hall–Kier alpha value is -3.40. The smallest absolute Gasteiger partial charge is 0.328 e. The van der Waals surface area contributed by atoms with Crippen LogP contribution < -0.4 is 4.90 Å². The lowest BCUT2D eigenvalue weighted by Gasteiger charge is -2.22. The van der Waals surface area contributed by atoms with Gasteiger partial charge in [0.1, 0.15) is 0 Å². The molecular weight excluding hydrogens is 302 g/mol. The minimum atomic E-state index is -1.16. The average molecular weight is 317 g/mol. The summed E-state index contributed by atoms with van der Waals surface area (Å²) in [6.07, 6.45) is 1.91. The van der Waals surface area contributed by atoms with E-state index >= 15 is 0 Å². The number of amides is 1. The normalized spacial score (nSPS) is 10.8. The summed E-state index contributed by atoms with van der Waals surface area (Å²) in [6.45, 7) is 0. The number of carbonyl (C=O) groups is 2. The Morgan fingerprint density at radius 2 is 1.42 bits per heavy atom. The molecule has 118 valence electrons. The second-order valence-electron chi connectivity index (χ2n) is 5.21. The molecule has 0 aliphatic heterocycles. The maximum Gasteiger partial charge on any atom is 0.328 e. The van der Waals surface area contributed by atoms with E-state index in [1.54, 1.807) is 0 Å². The number of hydrogen-bond acceptors (Lipinski definition) is 2. The molecule has 0 unspecified atom stereocenters. The van der Waals surface area contributed by atoms with Crippen molar-refractivity contribution in [1.29, 1.82) is 0 Å². The van der Waals surface area contributed by atoms with E-state index in [-0.39, 0.29) is 0 Å². The van der Waals surface area contributed by atoms with Gasteiger partial charge in [0.25, 0.3) is 5.91 Å². The fraction of sp³-hybridized carbons (Fsp3) is 0. The van der Waals surface area contributed by atoms with Gasteiger partial charge in [-0.05, 0) is 35.0 Å². The van der Waals surface area contributed by atoms with Crippen LogP contribution in [0.5, 0.6) is 0 Å². The Bertz CT molecular complexity index is 916. The van der Waals surface area contributed by atoms with Crippen LogP contribution in [0.1, 0.15) is 0 Å². The van der Waals surface area contributed by atoms with Crippen molar-refractivity contribution in [3.63, 3.8) is 0 Å². The van der Waals surface area contributed by atoms with E-state index in [2.05, 4.69) is 0 Å². The Kier molecular flexibility index (Phi) is 4.38. The minimum absolute atomic E-state index is 0.418.